The number of hydrogen-bond donors (Lipinski definition) is 0. The molecule has 0 amide bonds. The first kappa shape index (κ1) is 13.8. The highest BCUT2D eigenvalue weighted by Crippen LogP contribution is 2.23. The lowest BCUT2D eigenvalue weighted by molar-refractivity contribution is -0.120. The van der Waals surface area contributed by atoms with Crippen molar-refractivity contribution in [1.82, 2.24) is 0 Å². The molecule has 2 rings (SSSR count). The van der Waals surface area contributed by atoms with Gasteiger partial charge in [-0.2, -0.15) is 0 Å². The lowest BCUT2D eigenvalue weighted by atomic mass is 9.89. The smallest absolute Gasteiger partial charge is 0.133 e. The van der Waals surface area contributed by atoms with Crippen LogP contribution in [0.5, 0.6) is 0 Å². The first-order valence-electron chi connectivity index (χ1n) is 7.19. The number of fused-ring (bicyclic) bond motifs is 1. The summed E-state index contributed by atoms with van der Waals surface area (Å²) in [6.45, 7) is 3.90. The van der Waals surface area contributed by atoms with E-state index in [2.05, 4.69) is 49.4 Å². The zero-order valence-corrected chi connectivity index (χ0v) is 11.9. The quantitative estimate of drug-likeness (QED) is 0.725. The second-order valence-corrected chi connectivity index (χ2v) is 5.29. The zero-order chi connectivity index (χ0) is 13.7. The second-order valence-electron chi connectivity index (χ2n) is 5.29. The Balaban J connectivity index is 2.26. The van der Waals surface area contributed by atoms with Crippen LogP contribution < -0.4 is 0 Å². The van der Waals surface area contributed by atoms with Crippen molar-refractivity contribution >= 4 is 16.6 Å². The largest absolute Gasteiger partial charge is 0.300 e. The molecule has 1 nitrogen and oxygen atoms in total. The molecule has 1 heteroatoms. The summed E-state index contributed by atoms with van der Waals surface area (Å²) in [6.07, 6.45) is 4.17. The van der Waals surface area contributed by atoms with Crippen LogP contribution in [0.15, 0.2) is 42.5 Å². The van der Waals surface area contributed by atoms with Gasteiger partial charge in [-0.15, -0.1) is 0 Å². The van der Waals surface area contributed by atoms with Gasteiger partial charge in [0.1, 0.15) is 5.78 Å². The van der Waals surface area contributed by atoms with E-state index in [0.717, 1.165) is 25.7 Å². The summed E-state index contributed by atoms with van der Waals surface area (Å²) >= 11 is 0. The lowest BCUT2D eigenvalue weighted by Crippen LogP contribution is -2.14. The average Bonchev–Trinajstić information content (AvgIpc) is 2.43. The van der Waals surface area contributed by atoms with E-state index in [1.807, 2.05) is 0 Å². The molecule has 0 radical (unpaired) electrons. The van der Waals surface area contributed by atoms with E-state index < -0.39 is 0 Å². The van der Waals surface area contributed by atoms with Crippen LogP contribution in [0.2, 0.25) is 0 Å². The fourth-order valence-electron chi connectivity index (χ4n) is 2.64. The molecule has 2 aromatic rings. The summed E-state index contributed by atoms with van der Waals surface area (Å²) in [7, 11) is 0. The number of unbranched alkanes of at least 4 members (excludes halogenated alkanes) is 1. The Morgan fingerprint density at radius 3 is 2.58 bits per heavy atom. The fraction of sp³-hybridized carbons (Fsp3) is 0.389. The summed E-state index contributed by atoms with van der Waals surface area (Å²) in [5.74, 6) is 0.493. The predicted octanol–water partition coefficient (Wildman–Crippen LogP) is 4.78. The number of hydrogen-bond acceptors (Lipinski definition) is 1. The molecular formula is C18H22O. The summed E-state index contributed by atoms with van der Waals surface area (Å²) in [4.78, 5) is 11.8. The fourth-order valence-corrected chi connectivity index (χ4v) is 2.64. The normalized spacial score (nSPS) is 12.5. The highest BCUT2D eigenvalue weighted by Gasteiger charge is 2.15. The highest BCUT2D eigenvalue weighted by molar-refractivity contribution is 5.86. The van der Waals surface area contributed by atoms with Gasteiger partial charge in [0, 0.05) is 5.92 Å². The van der Waals surface area contributed by atoms with E-state index in [1.165, 1.54) is 16.3 Å². The maximum atomic E-state index is 11.8. The molecule has 0 bridgehead atoms. The minimum Gasteiger partial charge on any atom is -0.300 e. The molecule has 0 spiro atoms. The van der Waals surface area contributed by atoms with Gasteiger partial charge in [-0.3, -0.25) is 4.79 Å². The molecule has 0 aliphatic carbocycles. The number of rotatable bonds is 6. The molecule has 19 heavy (non-hydrogen) atoms. The number of Topliss-reactive ketones (excluding diaryl/α,β-unsaturated/α-hetero) is 1. The highest BCUT2D eigenvalue weighted by atomic mass is 16.1. The van der Waals surface area contributed by atoms with Crippen molar-refractivity contribution in [3.8, 4) is 0 Å². The van der Waals surface area contributed by atoms with Crippen LogP contribution in [0.1, 0.15) is 38.7 Å². The van der Waals surface area contributed by atoms with Crippen LogP contribution in [-0.2, 0) is 11.2 Å². The topological polar surface area (TPSA) is 17.1 Å². The Kier molecular flexibility index (Phi) is 4.73. The molecule has 0 N–H and O–H groups in total. The van der Waals surface area contributed by atoms with Gasteiger partial charge in [0.15, 0.2) is 0 Å². The maximum Gasteiger partial charge on any atom is 0.133 e. The van der Waals surface area contributed by atoms with E-state index in [0.29, 0.717) is 5.78 Å². The lowest BCUT2D eigenvalue weighted by Gasteiger charge is -2.15. The van der Waals surface area contributed by atoms with E-state index >= 15 is 0 Å². The molecule has 1 atom stereocenters. The van der Waals surface area contributed by atoms with Gasteiger partial charge in [-0.1, -0.05) is 62.2 Å². The minimum absolute atomic E-state index is 0.172. The second kappa shape index (κ2) is 6.51. The molecule has 0 aromatic heterocycles. The van der Waals surface area contributed by atoms with Gasteiger partial charge in [0.25, 0.3) is 0 Å². The minimum atomic E-state index is 0.172. The zero-order valence-electron chi connectivity index (χ0n) is 11.9. The van der Waals surface area contributed by atoms with Crippen molar-refractivity contribution in [2.75, 3.05) is 0 Å². The summed E-state index contributed by atoms with van der Waals surface area (Å²) in [6, 6.07) is 14.8. The predicted molar refractivity (Wildman–Crippen MR) is 81.3 cm³/mol. The molecule has 0 aliphatic rings. The van der Waals surface area contributed by atoms with Crippen molar-refractivity contribution < 1.29 is 4.79 Å². The molecule has 100 valence electrons. The van der Waals surface area contributed by atoms with Crippen LogP contribution in [0.25, 0.3) is 10.8 Å². The van der Waals surface area contributed by atoms with E-state index in [4.69, 9.17) is 0 Å². The molecule has 0 unspecified atom stereocenters. The molecule has 0 aliphatic heterocycles. The van der Waals surface area contributed by atoms with E-state index in [9.17, 15) is 4.79 Å². The van der Waals surface area contributed by atoms with Crippen LogP contribution in [-0.4, -0.2) is 5.78 Å². The first-order valence-corrected chi connectivity index (χ1v) is 7.19. The van der Waals surface area contributed by atoms with Crippen LogP contribution in [0.4, 0.5) is 0 Å². The number of carbonyl (C=O) groups excluding carboxylic acids is 1. The van der Waals surface area contributed by atoms with Gasteiger partial charge >= 0.3 is 0 Å². The number of ketones is 1. The molecule has 2 aromatic carbocycles. The molecular weight excluding hydrogens is 232 g/mol. The molecule has 0 saturated carbocycles. The van der Waals surface area contributed by atoms with Gasteiger partial charge in [-0.25, -0.2) is 0 Å². The van der Waals surface area contributed by atoms with Crippen LogP contribution in [0, 0.1) is 5.92 Å². The number of benzene rings is 2. The molecule has 0 fully saturated rings. The average molecular weight is 254 g/mol. The third-order valence-corrected chi connectivity index (χ3v) is 3.83. The van der Waals surface area contributed by atoms with Gasteiger partial charge < -0.3 is 0 Å². The van der Waals surface area contributed by atoms with E-state index in [1.54, 1.807) is 6.92 Å². The maximum absolute atomic E-state index is 11.8. The van der Waals surface area contributed by atoms with Crippen molar-refractivity contribution in [3.63, 3.8) is 0 Å². The molecule has 0 saturated heterocycles. The Morgan fingerprint density at radius 1 is 1.11 bits per heavy atom. The SMILES string of the molecule is CCCC[C@@H](Cc1cccc2ccccc12)C(C)=O. The Labute approximate surface area is 115 Å². The summed E-state index contributed by atoms with van der Waals surface area (Å²) in [5.41, 5.74) is 1.30. The van der Waals surface area contributed by atoms with Crippen molar-refractivity contribution in [1.29, 1.82) is 0 Å². The van der Waals surface area contributed by atoms with Crippen LogP contribution >= 0.6 is 0 Å². The third kappa shape index (κ3) is 3.44. The van der Waals surface area contributed by atoms with E-state index in [-0.39, 0.29) is 5.92 Å². The van der Waals surface area contributed by atoms with Crippen molar-refractivity contribution in [2.24, 2.45) is 5.92 Å². The molecule has 0 heterocycles. The first-order chi connectivity index (χ1) is 9.22. The van der Waals surface area contributed by atoms with Gasteiger partial charge in [0.05, 0.1) is 0 Å². The van der Waals surface area contributed by atoms with Crippen molar-refractivity contribution in [2.45, 2.75) is 39.5 Å². The number of carbonyl (C=O) groups is 1. The Hall–Kier alpha value is -1.63. The van der Waals surface area contributed by atoms with Crippen molar-refractivity contribution in [3.05, 3.63) is 48.0 Å². The Bertz CT molecular complexity index is 551. The summed E-state index contributed by atoms with van der Waals surface area (Å²) < 4.78 is 0. The summed E-state index contributed by atoms with van der Waals surface area (Å²) in [5, 5.41) is 2.55. The van der Waals surface area contributed by atoms with Gasteiger partial charge in [-0.05, 0) is 36.1 Å². The monoisotopic (exact) mass is 254 g/mol. The van der Waals surface area contributed by atoms with Crippen LogP contribution in [0.3, 0.4) is 0 Å². The van der Waals surface area contributed by atoms with Gasteiger partial charge in [0.2, 0.25) is 0 Å². The standard InChI is InChI=1S/C18H22O/c1-3-4-8-16(14(2)19)13-17-11-7-10-15-9-5-6-12-18(15)17/h5-7,9-12,16H,3-4,8,13H2,1-2H3/t16-/m0/s1. The third-order valence-electron chi connectivity index (χ3n) is 3.83. The Morgan fingerprint density at radius 2 is 1.84 bits per heavy atom.